The molecule has 0 aliphatic heterocycles. The molecule has 0 N–H and O–H groups in total. The zero-order valence-electron chi connectivity index (χ0n) is 11.4. The Kier molecular flexibility index (Phi) is 5.05. The van der Waals surface area contributed by atoms with Gasteiger partial charge in [-0.25, -0.2) is 0 Å². The van der Waals surface area contributed by atoms with Crippen molar-refractivity contribution in [2.24, 2.45) is 0 Å². The molecule has 2 rings (SSSR count). The third-order valence-electron chi connectivity index (χ3n) is 2.92. The van der Waals surface area contributed by atoms with Crippen molar-refractivity contribution in [3.05, 3.63) is 70.3 Å². The average Bonchev–Trinajstić information content (AvgIpc) is 2.46. The van der Waals surface area contributed by atoms with E-state index in [0.717, 1.165) is 21.6 Å². The molecule has 0 radical (unpaired) electrons. The van der Waals surface area contributed by atoms with Crippen molar-refractivity contribution in [3.8, 4) is 0 Å². The van der Waals surface area contributed by atoms with Gasteiger partial charge in [0.2, 0.25) is 0 Å². The standard InChI is InChI=1S/C17H15ClOS/c1-12-3-10-17(20-2)15(11-12)16(19)9-6-13-4-7-14(18)8-5-13/h3-11H,1-2H3. The Morgan fingerprint density at radius 2 is 1.85 bits per heavy atom. The van der Waals surface area contributed by atoms with Gasteiger partial charge in [0.1, 0.15) is 0 Å². The van der Waals surface area contributed by atoms with Crippen LogP contribution in [0.4, 0.5) is 0 Å². The van der Waals surface area contributed by atoms with Crippen LogP contribution in [0.5, 0.6) is 0 Å². The maximum Gasteiger partial charge on any atom is 0.186 e. The first-order valence-electron chi connectivity index (χ1n) is 6.23. The lowest BCUT2D eigenvalue weighted by Crippen LogP contribution is -1.97. The molecule has 0 saturated carbocycles. The van der Waals surface area contributed by atoms with E-state index in [1.807, 2.05) is 61.7 Å². The predicted molar refractivity (Wildman–Crippen MR) is 87.8 cm³/mol. The van der Waals surface area contributed by atoms with Crippen LogP contribution in [-0.2, 0) is 0 Å². The summed E-state index contributed by atoms with van der Waals surface area (Å²) in [6.07, 6.45) is 5.40. The van der Waals surface area contributed by atoms with Crippen LogP contribution in [0, 0.1) is 6.92 Å². The summed E-state index contributed by atoms with van der Waals surface area (Å²) < 4.78 is 0. The Morgan fingerprint density at radius 3 is 2.50 bits per heavy atom. The van der Waals surface area contributed by atoms with Crippen molar-refractivity contribution in [2.75, 3.05) is 6.26 Å². The van der Waals surface area contributed by atoms with Gasteiger partial charge in [-0.15, -0.1) is 11.8 Å². The summed E-state index contributed by atoms with van der Waals surface area (Å²) in [6, 6.07) is 13.3. The number of halogens is 1. The van der Waals surface area contributed by atoms with Gasteiger partial charge in [-0.3, -0.25) is 4.79 Å². The zero-order valence-corrected chi connectivity index (χ0v) is 13.0. The first-order valence-corrected chi connectivity index (χ1v) is 7.83. The second-order valence-electron chi connectivity index (χ2n) is 4.45. The minimum absolute atomic E-state index is 0.0213. The normalized spacial score (nSPS) is 10.9. The molecule has 0 atom stereocenters. The number of thioether (sulfide) groups is 1. The molecule has 2 aromatic carbocycles. The van der Waals surface area contributed by atoms with Crippen LogP contribution >= 0.6 is 23.4 Å². The summed E-state index contributed by atoms with van der Waals surface area (Å²) in [6.45, 7) is 1.99. The van der Waals surface area contributed by atoms with Crippen LogP contribution in [0.3, 0.4) is 0 Å². The van der Waals surface area contributed by atoms with Crippen LogP contribution in [0.25, 0.3) is 6.08 Å². The molecule has 2 aromatic rings. The highest BCUT2D eigenvalue weighted by Gasteiger charge is 2.08. The van der Waals surface area contributed by atoms with Crippen molar-refractivity contribution < 1.29 is 4.79 Å². The first kappa shape index (κ1) is 14.9. The Morgan fingerprint density at radius 1 is 1.15 bits per heavy atom. The van der Waals surface area contributed by atoms with Gasteiger partial charge >= 0.3 is 0 Å². The molecular formula is C17H15ClOS. The number of hydrogen-bond donors (Lipinski definition) is 0. The molecule has 102 valence electrons. The SMILES string of the molecule is CSc1ccc(C)cc1C(=O)C=Cc1ccc(Cl)cc1. The van der Waals surface area contributed by atoms with E-state index in [9.17, 15) is 4.79 Å². The maximum atomic E-state index is 12.3. The number of benzene rings is 2. The second kappa shape index (κ2) is 6.78. The summed E-state index contributed by atoms with van der Waals surface area (Å²) >= 11 is 7.42. The topological polar surface area (TPSA) is 17.1 Å². The molecule has 0 fully saturated rings. The van der Waals surface area contributed by atoms with Crippen LogP contribution in [-0.4, -0.2) is 12.0 Å². The largest absolute Gasteiger partial charge is 0.289 e. The first-order chi connectivity index (χ1) is 9.60. The minimum Gasteiger partial charge on any atom is -0.289 e. The highest BCUT2D eigenvalue weighted by molar-refractivity contribution is 7.98. The quantitative estimate of drug-likeness (QED) is 0.435. The number of ketones is 1. The van der Waals surface area contributed by atoms with Crippen LogP contribution in [0.15, 0.2) is 53.4 Å². The zero-order chi connectivity index (χ0) is 14.5. The number of hydrogen-bond acceptors (Lipinski definition) is 2. The van der Waals surface area contributed by atoms with Crippen molar-refractivity contribution in [1.82, 2.24) is 0 Å². The highest BCUT2D eigenvalue weighted by atomic mass is 35.5. The Balaban J connectivity index is 2.23. The molecule has 0 aromatic heterocycles. The monoisotopic (exact) mass is 302 g/mol. The summed E-state index contributed by atoms with van der Waals surface area (Å²) in [5, 5.41) is 0.692. The number of aryl methyl sites for hydroxylation is 1. The van der Waals surface area contributed by atoms with Gasteiger partial charge in [0, 0.05) is 15.5 Å². The molecule has 3 heteroatoms. The molecule has 0 saturated heterocycles. The van der Waals surface area contributed by atoms with Crippen molar-refractivity contribution in [1.29, 1.82) is 0 Å². The van der Waals surface area contributed by atoms with E-state index in [0.29, 0.717) is 5.02 Å². The van der Waals surface area contributed by atoms with Crippen LogP contribution in [0.1, 0.15) is 21.5 Å². The summed E-state index contributed by atoms with van der Waals surface area (Å²) in [5.74, 6) is 0.0213. The van der Waals surface area contributed by atoms with E-state index in [2.05, 4.69) is 0 Å². The van der Waals surface area contributed by atoms with Gasteiger partial charge in [0.15, 0.2) is 5.78 Å². The highest BCUT2D eigenvalue weighted by Crippen LogP contribution is 2.22. The van der Waals surface area contributed by atoms with E-state index >= 15 is 0 Å². The summed E-state index contributed by atoms with van der Waals surface area (Å²) in [5.41, 5.74) is 2.80. The molecule has 0 heterocycles. The maximum absolute atomic E-state index is 12.3. The van der Waals surface area contributed by atoms with Crippen LogP contribution < -0.4 is 0 Å². The molecular weight excluding hydrogens is 288 g/mol. The number of carbonyl (C=O) groups is 1. The molecule has 0 bridgehead atoms. The van der Waals surface area contributed by atoms with E-state index in [1.165, 1.54) is 0 Å². The molecule has 0 spiro atoms. The van der Waals surface area contributed by atoms with Gasteiger partial charge in [0.05, 0.1) is 0 Å². The van der Waals surface area contributed by atoms with Crippen molar-refractivity contribution >= 4 is 35.2 Å². The third-order valence-corrected chi connectivity index (χ3v) is 3.97. The fourth-order valence-electron chi connectivity index (χ4n) is 1.85. The fraction of sp³-hybridized carbons (Fsp3) is 0.118. The second-order valence-corrected chi connectivity index (χ2v) is 5.74. The summed E-state index contributed by atoms with van der Waals surface area (Å²) in [7, 11) is 0. The molecule has 0 aliphatic rings. The Labute approximate surface area is 128 Å². The van der Waals surface area contributed by atoms with Gasteiger partial charge in [-0.1, -0.05) is 41.4 Å². The van der Waals surface area contributed by atoms with Crippen molar-refractivity contribution in [2.45, 2.75) is 11.8 Å². The van der Waals surface area contributed by atoms with E-state index in [4.69, 9.17) is 11.6 Å². The molecule has 1 nitrogen and oxygen atoms in total. The number of carbonyl (C=O) groups excluding carboxylic acids is 1. The fourth-order valence-corrected chi connectivity index (χ4v) is 2.56. The molecule has 20 heavy (non-hydrogen) atoms. The molecule has 0 unspecified atom stereocenters. The minimum atomic E-state index is 0.0213. The van der Waals surface area contributed by atoms with Gasteiger partial charge in [-0.05, 0) is 49.1 Å². The Hall–Kier alpha value is -1.51. The lowest BCUT2D eigenvalue weighted by molar-refractivity contribution is 0.104. The smallest absolute Gasteiger partial charge is 0.186 e. The average molecular weight is 303 g/mol. The van der Waals surface area contributed by atoms with Gasteiger partial charge < -0.3 is 0 Å². The predicted octanol–water partition coefficient (Wildman–Crippen LogP) is 5.27. The van der Waals surface area contributed by atoms with E-state index in [-0.39, 0.29) is 5.78 Å². The molecule has 0 aliphatic carbocycles. The van der Waals surface area contributed by atoms with Gasteiger partial charge in [0.25, 0.3) is 0 Å². The number of rotatable bonds is 4. The van der Waals surface area contributed by atoms with E-state index < -0.39 is 0 Å². The number of allylic oxidation sites excluding steroid dienone is 1. The Bertz CT molecular complexity index is 645. The van der Waals surface area contributed by atoms with Crippen LogP contribution in [0.2, 0.25) is 5.02 Å². The third kappa shape index (κ3) is 3.75. The lowest BCUT2D eigenvalue weighted by atomic mass is 10.1. The van der Waals surface area contributed by atoms with E-state index in [1.54, 1.807) is 17.8 Å². The lowest BCUT2D eigenvalue weighted by Gasteiger charge is -2.05. The molecule has 0 amide bonds. The summed E-state index contributed by atoms with van der Waals surface area (Å²) in [4.78, 5) is 13.3. The van der Waals surface area contributed by atoms with Crippen molar-refractivity contribution in [3.63, 3.8) is 0 Å². The van der Waals surface area contributed by atoms with Gasteiger partial charge in [-0.2, -0.15) is 0 Å².